The molecular weight excluding hydrogens is 320 g/mol. The Labute approximate surface area is 146 Å². The van der Waals surface area contributed by atoms with Crippen LogP contribution in [0.25, 0.3) is 0 Å². The van der Waals surface area contributed by atoms with Crippen LogP contribution in [-0.4, -0.2) is 34.2 Å². The Bertz CT molecular complexity index is 767. The molecule has 0 spiro atoms. The number of aliphatic hydroxyl groups is 1. The number of carbonyl (C=O) groups is 2. The van der Waals surface area contributed by atoms with Crippen molar-refractivity contribution in [1.29, 1.82) is 0 Å². The van der Waals surface area contributed by atoms with Crippen molar-refractivity contribution in [2.45, 2.75) is 25.6 Å². The maximum absolute atomic E-state index is 12.4. The third-order valence-electron chi connectivity index (χ3n) is 3.80. The predicted molar refractivity (Wildman–Crippen MR) is 93.4 cm³/mol. The van der Waals surface area contributed by atoms with Gasteiger partial charge in [0.1, 0.15) is 11.9 Å². The summed E-state index contributed by atoms with van der Waals surface area (Å²) < 4.78 is 4.96. The molecule has 2 rings (SSSR count). The average Bonchev–Trinajstić information content (AvgIpc) is 2.61. The summed E-state index contributed by atoms with van der Waals surface area (Å²) in [5.74, 6) is -1.05. The van der Waals surface area contributed by atoms with Gasteiger partial charge in [-0.25, -0.2) is 4.79 Å². The van der Waals surface area contributed by atoms with E-state index in [4.69, 9.17) is 4.74 Å². The summed E-state index contributed by atoms with van der Waals surface area (Å²) in [6.45, 7) is 4.87. The number of aromatic hydroxyl groups is 1. The molecule has 0 saturated carbocycles. The monoisotopic (exact) mass is 340 g/mol. The standard InChI is InChI=1S/C20H20O5/c1-3-19(23)25-13(2)17(21)11-14-9-10-16(18(22)12-14)20(24)15-7-5-4-6-8-15/h3-10,12-13,17,21-22H,1,11H2,2H3. The highest BCUT2D eigenvalue weighted by Crippen LogP contribution is 2.23. The minimum Gasteiger partial charge on any atom is -0.507 e. The molecule has 0 fully saturated rings. The number of aliphatic hydroxyl groups excluding tert-OH is 1. The van der Waals surface area contributed by atoms with Gasteiger partial charge in [-0.3, -0.25) is 4.79 Å². The summed E-state index contributed by atoms with van der Waals surface area (Å²) in [6, 6.07) is 13.3. The molecular formula is C20H20O5. The van der Waals surface area contributed by atoms with Crippen molar-refractivity contribution < 1.29 is 24.5 Å². The molecule has 5 heteroatoms. The molecule has 0 amide bonds. The maximum atomic E-state index is 12.4. The van der Waals surface area contributed by atoms with Gasteiger partial charge in [0.15, 0.2) is 5.78 Å². The van der Waals surface area contributed by atoms with Gasteiger partial charge in [0.2, 0.25) is 0 Å². The molecule has 0 aliphatic carbocycles. The quantitative estimate of drug-likeness (QED) is 0.460. The zero-order valence-electron chi connectivity index (χ0n) is 13.9. The lowest BCUT2D eigenvalue weighted by Crippen LogP contribution is -2.29. The third kappa shape index (κ3) is 4.78. The smallest absolute Gasteiger partial charge is 0.330 e. The van der Waals surface area contributed by atoms with E-state index < -0.39 is 18.2 Å². The Hall–Kier alpha value is -2.92. The van der Waals surface area contributed by atoms with Crippen molar-refractivity contribution >= 4 is 11.8 Å². The van der Waals surface area contributed by atoms with Crippen LogP contribution >= 0.6 is 0 Å². The van der Waals surface area contributed by atoms with Gasteiger partial charge >= 0.3 is 5.97 Å². The van der Waals surface area contributed by atoms with Crippen LogP contribution in [0.5, 0.6) is 5.75 Å². The fourth-order valence-corrected chi connectivity index (χ4v) is 2.36. The Balaban J connectivity index is 2.10. The van der Waals surface area contributed by atoms with Crippen LogP contribution in [0, 0.1) is 0 Å². The Morgan fingerprint density at radius 2 is 1.88 bits per heavy atom. The highest BCUT2D eigenvalue weighted by atomic mass is 16.6. The molecule has 0 aromatic heterocycles. The Morgan fingerprint density at radius 1 is 1.20 bits per heavy atom. The largest absolute Gasteiger partial charge is 0.507 e. The fraction of sp³-hybridized carbons (Fsp3) is 0.200. The molecule has 2 aromatic rings. The summed E-state index contributed by atoms with van der Waals surface area (Å²) in [5.41, 5.74) is 1.29. The third-order valence-corrected chi connectivity index (χ3v) is 3.80. The van der Waals surface area contributed by atoms with E-state index in [9.17, 15) is 19.8 Å². The predicted octanol–water partition coefficient (Wildman–Crippen LogP) is 2.64. The first-order valence-corrected chi connectivity index (χ1v) is 7.85. The molecule has 2 unspecified atom stereocenters. The summed E-state index contributed by atoms with van der Waals surface area (Å²) in [7, 11) is 0. The van der Waals surface area contributed by atoms with Gasteiger partial charge in [-0.15, -0.1) is 0 Å². The average molecular weight is 340 g/mol. The number of benzene rings is 2. The lowest BCUT2D eigenvalue weighted by molar-refractivity contribution is -0.147. The number of hydrogen-bond donors (Lipinski definition) is 2. The molecule has 130 valence electrons. The van der Waals surface area contributed by atoms with E-state index in [-0.39, 0.29) is 23.5 Å². The van der Waals surface area contributed by atoms with Crippen LogP contribution in [0.1, 0.15) is 28.4 Å². The van der Waals surface area contributed by atoms with E-state index in [2.05, 4.69) is 6.58 Å². The summed E-state index contributed by atoms with van der Waals surface area (Å²) in [6.07, 6.45) is -0.477. The number of rotatable bonds is 7. The lowest BCUT2D eigenvalue weighted by atomic mass is 9.98. The van der Waals surface area contributed by atoms with E-state index in [0.29, 0.717) is 11.1 Å². The van der Waals surface area contributed by atoms with Crippen molar-refractivity contribution in [3.05, 3.63) is 77.9 Å². The van der Waals surface area contributed by atoms with Crippen LogP contribution < -0.4 is 0 Å². The van der Waals surface area contributed by atoms with Gasteiger partial charge < -0.3 is 14.9 Å². The second-order valence-electron chi connectivity index (χ2n) is 5.66. The Kier molecular flexibility index (Phi) is 6.08. The molecule has 25 heavy (non-hydrogen) atoms. The number of ether oxygens (including phenoxy) is 1. The topological polar surface area (TPSA) is 83.8 Å². The van der Waals surface area contributed by atoms with E-state index in [1.54, 1.807) is 37.3 Å². The fourth-order valence-electron chi connectivity index (χ4n) is 2.36. The molecule has 2 N–H and O–H groups in total. The highest BCUT2D eigenvalue weighted by molar-refractivity contribution is 6.10. The van der Waals surface area contributed by atoms with E-state index in [0.717, 1.165) is 6.08 Å². The molecule has 2 atom stereocenters. The van der Waals surface area contributed by atoms with E-state index >= 15 is 0 Å². The van der Waals surface area contributed by atoms with Crippen molar-refractivity contribution in [2.24, 2.45) is 0 Å². The molecule has 0 saturated heterocycles. The van der Waals surface area contributed by atoms with Crippen LogP contribution in [0.15, 0.2) is 61.2 Å². The van der Waals surface area contributed by atoms with Gasteiger partial charge in [0, 0.05) is 18.1 Å². The number of phenolic OH excluding ortho intramolecular Hbond substituents is 1. The molecule has 2 aromatic carbocycles. The molecule has 0 radical (unpaired) electrons. The normalized spacial score (nSPS) is 12.9. The van der Waals surface area contributed by atoms with Crippen molar-refractivity contribution in [3.63, 3.8) is 0 Å². The van der Waals surface area contributed by atoms with Crippen molar-refractivity contribution in [1.82, 2.24) is 0 Å². The second-order valence-corrected chi connectivity index (χ2v) is 5.66. The minimum absolute atomic E-state index is 0.158. The number of carbonyl (C=O) groups excluding carboxylic acids is 2. The van der Waals surface area contributed by atoms with Gasteiger partial charge in [-0.1, -0.05) is 43.0 Å². The molecule has 5 nitrogen and oxygen atoms in total. The zero-order chi connectivity index (χ0) is 18.4. The van der Waals surface area contributed by atoms with Crippen LogP contribution in [-0.2, 0) is 16.0 Å². The van der Waals surface area contributed by atoms with Crippen LogP contribution in [0.2, 0.25) is 0 Å². The van der Waals surface area contributed by atoms with E-state index in [1.165, 1.54) is 12.1 Å². The maximum Gasteiger partial charge on any atom is 0.330 e. The highest BCUT2D eigenvalue weighted by Gasteiger charge is 2.19. The zero-order valence-corrected chi connectivity index (χ0v) is 13.9. The SMILES string of the molecule is C=CC(=O)OC(C)C(O)Cc1ccc(C(=O)c2ccccc2)c(O)c1. The first kappa shape index (κ1) is 18.4. The summed E-state index contributed by atoms with van der Waals surface area (Å²) in [5, 5.41) is 20.3. The number of phenols is 1. The number of hydrogen-bond acceptors (Lipinski definition) is 5. The second kappa shape index (κ2) is 8.26. The van der Waals surface area contributed by atoms with Gasteiger partial charge in [0.25, 0.3) is 0 Å². The van der Waals surface area contributed by atoms with Gasteiger partial charge in [0.05, 0.1) is 11.7 Å². The molecule has 0 aliphatic heterocycles. The molecule has 0 bridgehead atoms. The molecule has 0 heterocycles. The first-order chi connectivity index (χ1) is 11.9. The van der Waals surface area contributed by atoms with Crippen molar-refractivity contribution in [2.75, 3.05) is 0 Å². The van der Waals surface area contributed by atoms with Crippen LogP contribution in [0.4, 0.5) is 0 Å². The first-order valence-electron chi connectivity index (χ1n) is 7.85. The Morgan fingerprint density at radius 3 is 2.48 bits per heavy atom. The summed E-state index contributed by atoms with van der Waals surface area (Å²) >= 11 is 0. The minimum atomic E-state index is -0.945. The molecule has 0 aliphatic rings. The lowest BCUT2D eigenvalue weighted by Gasteiger charge is -2.19. The number of esters is 1. The van der Waals surface area contributed by atoms with Gasteiger partial charge in [-0.2, -0.15) is 0 Å². The van der Waals surface area contributed by atoms with E-state index in [1.807, 2.05) is 6.07 Å². The van der Waals surface area contributed by atoms with Gasteiger partial charge in [-0.05, 0) is 24.6 Å². The summed E-state index contributed by atoms with van der Waals surface area (Å²) in [4.78, 5) is 23.5. The number of ketones is 1. The van der Waals surface area contributed by atoms with Crippen LogP contribution in [0.3, 0.4) is 0 Å². The van der Waals surface area contributed by atoms with Crippen molar-refractivity contribution in [3.8, 4) is 5.75 Å².